The maximum atomic E-state index is 11.0. The van der Waals surface area contributed by atoms with Gasteiger partial charge in [-0.15, -0.1) is 0 Å². The fourth-order valence-corrected chi connectivity index (χ4v) is 2.04. The van der Waals surface area contributed by atoms with Gasteiger partial charge in [0.1, 0.15) is 22.2 Å². The van der Waals surface area contributed by atoms with E-state index in [1.165, 1.54) is 26.4 Å². The molecular formula is C12H8BrN3O4. The molecule has 0 bridgehead atoms. The Morgan fingerprint density at radius 2 is 2.00 bits per heavy atom. The second kappa shape index (κ2) is 6.55. The molecule has 0 aromatic heterocycles. The molecule has 102 valence electrons. The number of hydrogen-bond acceptors (Lipinski definition) is 6. The molecule has 0 aliphatic heterocycles. The highest BCUT2D eigenvalue weighted by atomic mass is 79.9. The van der Waals surface area contributed by atoms with Crippen LogP contribution in [0.1, 0.15) is 5.56 Å². The van der Waals surface area contributed by atoms with Gasteiger partial charge in [-0.3, -0.25) is 10.1 Å². The van der Waals surface area contributed by atoms with Gasteiger partial charge in [-0.2, -0.15) is 10.5 Å². The third-order valence-corrected chi connectivity index (χ3v) is 3.18. The minimum Gasteiger partial charge on any atom is -0.493 e. The maximum Gasteiger partial charge on any atom is 0.288 e. The number of ether oxygens (including phenoxy) is 2. The predicted octanol–water partition coefficient (Wildman–Crippen LogP) is 2.81. The summed E-state index contributed by atoms with van der Waals surface area (Å²) in [4.78, 5) is 10.4. The Morgan fingerprint density at radius 1 is 1.40 bits per heavy atom. The standard InChI is InChI=1S/C12H8BrN3O4/c1-19-10-4-9(16(17)18)11(13)8(12(10)20-2)3-7(5-14)6-15/h3-4H,1-2H3. The van der Waals surface area contributed by atoms with Gasteiger partial charge in [-0.1, -0.05) is 0 Å². The van der Waals surface area contributed by atoms with Crippen LogP contribution < -0.4 is 9.47 Å². The first kappa shape index (κ1) is 15.5. The number of nitro groups is 1. The van der Waals surface area contributed by atoms with Crippen molar-refractivity contribution in [1.82, 2.24) is 0 Å². The number of nitro benzene ring substituents is 1. The number of nitriles is 2. The number of halogens is 1. The summed E-state index contributed by atoms with van der Waals surface area (Å²) in [5.74, 6) is 0.317. The van der Waals surface area contributed by atoms with Gasteiger partial charge in [0.2, 0.25) is 0 Å². The molecule has 0 heterocycles. The minimum absolute atomic E-state index is 0.100. The fraction of sp³-hybridized carbons (Fsp3) is 0.167. The largest absolute Gasteiger partial charge is 0.493 e. The first-order chi connectivity index (χ1) is 9.49. The van der Waals surface area contributed by atoms with Crippen LogP contribution in [0.2, 0.25) is 0 Å². The van der Waals surface area contributed by atoms with Gasteiger partial charge in [0.25, 0.3) is 5.69 Å². The van der Waals surface area contributed by atoms with Crippen molar-refractivity contribution < 1.29 is 14.4 Å². The Bertz CT molecular complexity index is 655. The average molecular weight is 338 g/mol. The fourth-order valence-electron chi connectivity index (χ4n) is 1.48. The van der Waals surface area contributed by atoms with Gasteiger partial charge in [0, 0.05) is 5.56 Å². The van der Waals surface area contributed by atoms with Crippen LogP contribution in [-0.4, -0.2) is 19.1 Å². The zero-order chi connectivity index (χ0) is 15.3. The third-order valence-electron chi connectivity index (χ3n) is 2.35. The number of benzene rings is 1. The molecule has 0 atom stereocenters. The molecule has 1 aromatic rings. The maximum absolute atomic E-state index is 11.0. The molecule has 0 aliphatic carbocycles. The van der Waals surface area contributed by atoms with E-state index in [0.29, 0.717) is 0 Å². The SMILES string of the molecule is COc1cc([N+](=O)[O-])c(Br)c(C=C(C#N)C#N)c1OC. The third kappa shape index (κ3) is 2.87. The van der Waals surface area contributed by atoms with Crippen LogP contribution in [0.15, 0.2) is 16.1 Å². The number of methoxy groups -OCH3 is 2. The molecule has 8 heteroatoms. The minimum atomic E-state index is -0.609. The summed E-state index contributed by atoms with van der Waals surface area (Å²) in [6.07, 6.45) is 1.19. The lowest BCUT2D eigenvalue weighted by Gasteiger charge is -2.12. The zero-order valence-corrected chi connectivity index (χ0v) is 12.1. The van der Waals surface area contributed by atoms with E-state index >= 15 is 0 Å². The highest BCUT2D eigenvalue weighted by Crippen LogP contribution is 2.43. The summed E-state index contributed by atoms with van der Waals surface area (Å²) in [5.41, 5.74) is -0.285. The highest BCUT2D eigenvalue weighted by molar-refractivity contribution is 9.10. The summed E-state index contributed by atoms with van der Waals surface area (Å²) in [6.45, 7) is 0. The monoisotopic (exact) mass is 337 g/mol. The molecule has 0 radical (unpaired) electrons. The molecule has 0 saturated carbocycles. The summed E-state index contributed by atoms with van der Waals surface area (Å²) >= 11 is 3.08. The molecule has 1 aromatic carbocycles. The van der Waals surface area contributed by atoms with Gasteiger partial charge in [0.05, 0.1) is 25.2 Å². The van der Waals surface area contributed by atoms with Crippen molar-refractivity contribution in [2.45, 2.75) is 0 Å². The van der Waals surface area contributed by atoms with E-state index in [2.05, 4.69) is 15.9 Å². The Kier molecular flexibility index (Phi) is 5.07. The van der Waals surface area contributed by atoms with Crippen molar-refractivity contribution >= 4 is 27.7 Å². The van der Waals surface area contributed by atoms with Gasteiger partial charge < -0.3 is 9.47 Å². The van der Waals surface area contributed by atoms with Crippen molar-refractivity contribution in [2.24, 2.45) is 0 Å². The molecule has 0 aliphatic rings. The van der Waals surface area contributed by atoms with Gasteiger partial charge in [-0.05, 0) is 22.0 Å². The van der Waals surface area contributed by atoms with Crippen molar-refractivity contribution in [3.63, 3.8) is 0 Å². The van der Waals surface area contributed by atoms with Gasteiger partial charge in [0.15, 0.2) is 11.5 Å². The smallest absolute Gasteiger partial charge is 0.288 e. The number of rotatable bonds is 4. The van der Waals surface area contributed by atoms with E-state index in [1.807, 2.05) is 0 Å². The predicted molar refractivity (Wildman–Crippen MR) is 73.1 cm³/mol. The van der Waals surface area contributed by atoms with Gasteiger partial charge >= 0.3 is 0 Å². The van der Waals surface area contributed by atoms with Crippen molar-refractivity contribution in [1.29, 1.82) is 10.5 Å². The summed E-state index contributed by atoms with van der Waals surface area (Å²) in [7, 11) is 2.68. The Morgan fingerprint density at radius 3 is 2.40 bits per heavy atom. The summed E-state index contributed by atoms with van der Waals surface area (Å²) in [5, 5.41) is 28.6. The molecule has 0 fully saturated rings. The lowest BCUT2D eigenvalue weighted by molar-refractivity contribution is -0.385. The van der Waals surface area contributed by atoms with Crippen LogP contribution in [0.5, 0.6) is 11.5 Å². The van der Waals surface area contributed by atoms with Crippen LogP contribution in [0, 0.1) is 32.8 Å². The molecule has 1 rings (SSSR count). The van der Waals surface area contributed by atoms with Crippen molar-refractivity contribution in [3.8, 4) is 23.6 Å². The topological polar surface area (TPSA) is 109 Å². The van der Waals surface area contributed by atoms with Crippen LogP contribution in [0.4, 0.5) is 5.69 Å². The molecule has 7 nitrogen and oxygen atoms in total. The first-order valence-electron chi connectivity index (χ1n) is 5.10. The summed E-state index contributed by atoms with van der Waals surface area (Å²) < 4.78 is 10.3. The zero-order valence-electron chi connectivity index (χ0n) is 10.5. The second-order valence-electron chi connectivity index (χ2n) is 3.40. The van der Waals surface area contributed by atoms with Crippen molar-refractivity contribution in [2.75, 3.05) is 14.2 Å². The molecular weight excluding hydrogens is 330 g/mol. The molecule has 20 heavy (non-hydrogen) atoms. The van der Waals surface area contributed by atoms with Gasteiger partial charge in [-0.25, -0.2) is 0 Å². The number of allylic oxidation sites excluding steroid dienone is 1. The van der Waals surface area contributed by atoms with E-state index in [4.69, 9.17) is 20.0 Å². The Labute approximate surface area is 122 Å². The van der Waals surface area contributed by atoms with Crippen LogP contribution in [0.25, 0.3) is 6.08 Å². The molecule has 0 amide bonds. The molecule has 0 N–H and O–H groups in total. The average Bonchev–Trinajstić information content (AvgIpc) is 2.45. The Balaban J connectivity index is 3.76. The highest BCUT2D eigenvalue weighted by Gasteiger charge is 2.23. The van der Waals surface area contributed by atoms with Crippen LogP contribution >= 0.6 is 15.9 Å². The summed E-state index contributed by atoms with van der Waals surface area (Å²) in [6, 6.07) is 4.55. The van der Waals surface area contributed by atoms with E-state index in [-0.39, 0.29) is 32.8 Å². The lowest BCUT2D eigenvalue weighted by atomic mass is 10.1. The van der Waals surface area contributed by atoms with E-state index in [9.17, 15) is 10.1 Å². The van der Waals surface area contributed by atoms with Crippen LogP contribution in [0.3, 0.4) is 0 Å². The van der Waals surface area contributed by atoms with Crippen molar-refractivity contribution in [3.05, 3.63) is 31.8 Å². The second-order valence-corrected chi connectivity index (χ2v) is 4.19. The van der Waals surface area contributed by atoms with E-state index < -0.39 is 4.92 Å². The molecule has 0 unspecified atom stereocenters. The number of hydrogen-bond donors (Lipinski definition) is 0. The van der Waals surface area contributed by atoms with E-state index in [0.717, 1.165) is 0 Å². The normalized spacial score (nSPS) is 9.05. The molecule has 0 saturated heterocycles. The van der Waals surface area contributed by atoms with Crippen LogP contribution in [-0.2, 0) is 0 Å². The molecule has 0 spiro atoms. The lowest BCUT2D eigenvalue weighted by Crippen LogP contribution is -1.99. The quantitative estimate of drug-likeness (QED) is 0.474. The first-order valence-corrected chi connectivity index (χ1v) is 5.90. The number of nitrogens with zero attached hydrogens (tertiary/aromatic N) is 3. The van der Waals surface area contributed by atoms with E-state index in [1.54, 1.807) is 12.1 Å². The Hall–Kier alpha value is -2.58.